The summed E-state index contributed by atoms with van der Waals surface area (Å²) in [4.78, 5) is 9.43. The molecule has 0 radical (unpaired) electrons. The molecule has 0 amide bonds. The van der Waals surface area contributed by atoms with Crippen molar-refractivity contribution in [2.24, 2.45) is 0 Å². The summed E-state index contributed by atoms with van der Waals surface area (Å²) in [7, 11) is 1.89. The molecule has 1 saturated carbocycles. The second kappa shape index (κ2) is 6.32. The van der Waals surface area contributed by atoms with E-state index in [0.717, 1.165) is 32.4 Å². The standard InChI is InChI=1S/C16H17BrClN3/c1-19-16-13(17)14(10-4-2-3-5-10)20-15(21-16)11-6-8-12(18)9-7-11/h6-10H,2-5H2,1H3,(H,19,20,21). The molecule has 1 fully saturated rings. The third-order valence-electron chi connectivity index (χ3n) is 3.96. The van der Waals surface area contributed by atoms with E-state index in [4.69, 9.17) is 16.6 Å². The van der Waals surface area contributed by atoms with Crippen LogP contribution in [0.1, 0.15) is 37.3 Å². The van der Waals surface area contributed by atoms with Gasteiger partial charge in [-0.05, 0) is 53.0 Å². The molecule has 5 heteroatoms. The molecule has 0 unspecified atom stereocenters. The Morgan fingerprint density at radius 2 is 1.81 bits per heavy atom. The minimum absolute atomic E-state index is 0.528. The molecule has 0 bridgehead atoms. The van der Waals surface area contributed by atoms with Gasteiger partial charge in [0.15, 0.2) is 5.82 Å². The number of rotatable bonds is 3. The molecule has 1 aromatic heterocycles. The molecule has 1 N–H and O–H groups in total. The van der Waals surface area contributed by atoms with E-state index in [-0.39, 0.29) is 0 Å². The average Bonchev–Trinajstić information content (AvgIpc) is 3.02. The fourth-order valence-electron chi connectivity index (χ4n) is 2.83. The lowest BCUT2D eigenvalue weighted by Gasteiger charge is -2.15. The topological polar surface area (TPSA) is 37.8 Å². The highest BCUT2D eigenvalue weighted by molar-refractivity contribution is 9.10. The Bertz CT molecular complexity index is 637. The molecule has 1 heterocycles. The second-order valence-electron chi connectivity index (χ2n) is 5.33. The van der Waals surface area contributed by atoms with E-state index >= 15 is 0 Å². The molecule has 3 rings (SSSR count). The van der Waals surface area contributed by atoms with Crippen LogP contribution in [0.5, 0.6) is 0 Å². The van der Waals surface area contributed by atoms with Crippen molar-refractivity contribution in [1.29, 1.82) is 0 Å². The minimum Gasteiger partial charge on any atom is -0.372 e. The second-order valence-corrected chi connectivity index (χ2v) is 6.56. The van der Waals surface area contributed by atoms with Crippen molar-refractivity contribution in [3.63, 3.8) is 0 Å². The molecule has 3 nitrogen and oxygen atoms in total. The van der Waals surface area contributed by atoms with Gasteiger partial charge >= 0.3 is 0 Å². The first-order chi connectivity index (χ1) is 10.2. The van der Waals surface area contributed by atoms with Crippen LogP contribution in [0.2, 0.25) is 5.02 Å². The van der Waals surface area contributed by atoms with Gasteiger partial charge in [0.1, 0.15) is 5.82 Å². The van der Waals surface area contributed by atoms with Crippen LogP contribution in [0.3, 0.4) is 0 Å². The Balaban J connectivity index is 2.08. The molecule has 0 atom stereocenters. The molecule has 21 heavy (non-hydrogen) atoms. The molecule has 110 valence electrons. The normalized spacial score (nSPS) is 15.4. The van der Waals surface area contributed by atoms with Gasteiger partial charge in [-0.15, -0.1) is 0 Å². The number of halogens is 2. The van der Waals surface area contributed by atoms with Crippen LogP contribution in [-0.2, 0) is 0 Å². The Hall–Kier alpha value is -1.13. The van der Waals surface area contributed by atoms with E-state index in [0.29, 0.717) is 5.92 Å². The van der Waals surface area contributed by atoms with Gasteiger partial charge in [-0.25, -0.2) is 9.97 Å². The molecule has 2 aromatic rings. The van der Waals surface area contributed by atoms with Crippen LogP contribution >= 0.6 is 27.5 Å². The minimum atomic E-state index is 0.528. The van der Waals surface area contributed by atoms with Crippen LogP contribution in [-0.4, -0.2) is 17.0 Å². The van der Waals surface area contributed by atoms with Crippen LogP contribution in [0.25, 0.3) is 11.4 Å². The molecule has 1 aromatic carbocycles. The van der Waals surface area contributed by atoms with Gasteiger partial charge in [0.25, 0.3) is 0 Å². The van der Waals surface area contributed by atoms with Crippen LogP contribution in [0.4, 0.5) is 5.82 Å². The number of nitrogens with zero attached hydrogens (tertiary/aromatic N) is 2. The third kappa shape index (κ3) is 3.06. The fraction of sp³-hybridized carbons (Fsp3) is 0.375. The Labute approximate surface area is 138 Å². The van der Waals surface area contributed by atoms with Crippen molar-refractivity contribution in [3.05, 3.63) is 39.5 Å². The van der Waals surface area contributed by atoms with Crippen molar-refractivity contribution in [2.45, 2.75) is 31.6 Å². The lowest BCUT2D eigenvalue weighted by molar-refractivity contribution is 0.691. The lowest BCUT2D eigenvalue weighted by atomic mass is 10.0. The molecular weight excluding hydrogens is 350 g/mol. The Morgan fingerprint density at radius 3 is 2.43 bits per heavy atom. The summed E-state index contributed by atoms with van der Waals surface area (Å²) in [5.41, 5.74) is 2.11. The van der Waals surface area contributed by atoms with Gasteiger partial charge in [-0.3, -0.25) is 0 Å². The lowest BCUT2D eigenvalue weighted by Crippen LogP contribution is -2.06. The molecule has 0 aliphatic heterocycles. The molecule has 0 spiro atoms. The van der Waals surface area contributed by atoms with Crippen molar-refractivity contribution >= 4 is 33.3 Å². The maximum absolute atomic E-state index is 5.96. The van der Waals surface area contributed by atoms with E-state index < -0.39 is 0 Å². The first kappa shape index (κ1) is 14.8. The fourth-order valence-corrected chi connectivity index (χ4v) is 3.65. The monoisotopic (exact) mass is 365 g/mol. The van der Waals surface area contributed by atoms with Crippen LogP contribution in [0.15, 0.2) is 28.7 Å². The van der Waals surface area contributed by atoms with Gasteiger partial charge in [0.2, 0.25) is 0 Å². The number of aromatic nitrogens is 2. The van der Waals surface area contributed by atoms with Gasteiger partial charge in [0, 0.05) is 23.6 Å². The Morgan fingerprint density at radius 1 is 1.14 bits per heavy atom. The zero-order valence-electron chi connectivity index (χ0n) is 11.9. The predicted molar refractivity (Wildman–Crippen MR) is 90.9 cm³/mol. The highest BCUT2D eigenvalue weighted by atomic mass is 79.9. The van der Waals surface area contributed by atoms with Gasteiger partial charge in [-0.1, -0.05) is 24.4 Å². The van der Waals surface area contributed by atoms with Crippen molar-refractivity contribution in [2.75, 3.05) is 12.4 Å². The Kier molecular flexibility index (Phi) is 4.45. The van der Waals surface area contributed by atoms with Crippen molar-refractivity contribution in [3.8, 4) is 11.4 Å². The van der Waals surface area contributed by atoms with Gasteiger partial charge < -0.3 is 5.32 Å². The number of hydrogen-bond donors (Lipinski definition) is 1. The van der Waals surface area contributed by atoms with E-state index in [1.165, 1.54) is 25.7 Å². The van der Waals surface area contributed by atoms with E-state index in [2.05, 4.69) is 26.2 Å². The molecule has 1 aliphatic rings. The van der Waals surface area contributed by atoms with Crippen LogP contribution in [0, 0.1) is 0 Å². The average molecular weight is 367 g/mol. The van der Waals surface area contributed by atoms with Gasteiger partial charge in [-0.2, -0.15) is 0 Å². The summed E-state index contributed by atoms with van der Waals surface area (Å²) in [5.74, 6) is 2.12. The highest BCUT2D eigenvalue weighted by Crippen LogP contribution is 2.39. The highest BCUT2D eigenvalue weighted by Gasteiger charge is 2.24. The summed E-state index contributed by atoms with van der Waals surface area (Å²) >= 11 is 9.62. The van der Waals surface area contributed by atoms with Crippen molar-refractivity contribution in [1.82, 2.24) is 9.97 Å². The zero-order chi connectivity index (χ0) is 14.8. The number of hydrogen-bond acceptors (Lipinski definition) is 3. The third-order valence-corrected chi connectivity index (χ3v) is 4.99. The van der Waals surface area contributed by atoms with E-state index in [9.17, 15) is 0 Å². The SMILES string of the molecule is CNc1nc(-c2ccc(Cl)cc2)nc(C2CCCC2)c1Br. The summed E-state index contributed by atoms with van der Waals surface area (Å²) in [5, 5.41) is 3.88. The quantitative estimate of drug-likeness (QED) is 0.805. The summed E-state index contributed by atoms with van der Waals surface area (Å²) in [6, 6.07) is 7.67. The number of benzene rings is 1. The van der Waals surface area contributed by atoms with E-state index in [1.807, 2.05) is 31.3 Å². The summed E-state index contributed by atoms with van der Waals surface area (Å²) < 4.78 is 0.995. The largest absolute Gasteiger partial charge is 0.372 e. The maximum atomic E-state index is 5.96. The smallest absolute Gasteiger partial charge is 0.161 e. The maximum Gasteiger partial charge on any atom is 0.161 e. The number of anilines is 1. The molecular formula is C16H17BrClN3. The molecule has 0 saturated heterocycles. The van der Waals surface area contributed by atoms with Gasteiger partial charge in [0.05, 0.1) is 10.2 Å². The first-order valence-electron chi connectivity index (χ1n) is 7.20. The van der Waals surface area contributed by atoms with Crippen molar-refractivity contribution < 1.29 is 0 Å². The predicted octanol–water partition coefficient (Wildman–Crippen LogP) is 5.26. The van der Waals surface area contributed by atoms with Crippen LogP contribution < -0.4 is 5.32 Å². The van der Waals surface area contributed by atoms with E-state index in [1.54, 1.807) is 0 Å². The summed E-state index contributed by atoms with van der Waals surface area (Å²) in [6.07, 6.45) is 4.98. The molecule has 1 aliphatic carbocycles. The summed E-state index contributed by atoms with van der Waals surface area (Å²) in [6.45, 7) is 0. The zero-order valence-corrected chi connectivity index (χ0v) is 14.2. The number of nitrogens with one attached hydrogen (secondary N) is 1. The first-order valence-corrected chi connectivity index (χ1v) is 8.37.